The monoisotopic (exact) mass is 140 g/mol. The first kappa shape index (κ1) is 10.6. The number of carboxylic acid groups (broad SMARTS) is 1. The van der Waals surface area contributed by atoms with Crippen LogP contribution < -0.4 is 5.84 Å². The van der Waals surface area contributed by atoms with E-state index in [1.807, 2.05) is 0 Å². The molecular weight excluding hydrogens is 131 g/mol. The summed E-state index contributed by atoms with van der Waals surface area (Å²) in [4.78, 5) is 9.69. The van der Waals surface area contributed by atoms with Crippen molar-refractivity contribution in [1.29, 1.82) is 0 Å². The molecule has 0 fully saturated rings. The van der Waals surface area contributed by atoms with Gasteiger partial charge in [0, 0.05) is 7.05 Å². The topological polar surface area (TPSA) is 66.6 Å². The number of aliphatic carboxylic acids is 1. The van der Waals surface area contributed by atoms with Gasteiger partial charge in [0.2, 0.25) is 0 Å². The van der Waals surface area contributed by atoms with Crippen LogP contribution in [0.25, 0.3) is 0 Å². The third-order valence-corrected chi connectivity index (χ3v) is 0.385. The molecule has 5 heteroatoms. The van der Waals surface area contributed by atoms with E-state index in [0.29, 0.717) is 0 Å². The Hall–Kier alpha value is -0.320. The van der Waals surface area contributed by atoms with Crippen LogP contribution in [0.2, 0.25) is 0 Å². The maximum atomic E-state index is 9.69. The Balaban J connectivity index is 0. The highest BCUT2D eigenvalue weighted by Crippen LogP contribution is 1.65. The standard InChI is InChI=1S/C3H8N2O2.ClH/c1-5(4)2-3(6)7;/h2,4H2,1H3,(H,6,7);1H. The van der Waals surface area contributed by atoms with Crippen molar-refractivity contribution in [3.05, 3.63) is 0 Å². The summed E-state index contributed by atoms with van der Waals surface area (Å²) in [6.45, 7) is -0.111. The van der Waals surface area contributed by atoms with Crippen molar-refractivity contribution in [2.24, 2.45) is 5.84 Å². The summed E-state index contributed by atoms with van der Waals surface area (Å²) in [5.74, 6) is 4.03. The number of likely N-dealkylation sites (N-methyl/N-ethyl adjacent to an activating group) is 1. The predicted octanol–water partition coefficient (Wildman–Crippen LogP) is -0.702. The highest BCUT2D eigenvalue weighted by molar-refractivity contribution is 5.85. The molecule has 3 N–H and O–H groups in total. The molecule has 0 saturated carbocycles. The van der Waals surface area contributed by atoms with E-state index in [-0.39, 0.29) is 19.0 Å². The van der Waals surface area contributed by atoms with Crippen molar-refractivity contribution in [2.45, 2.75) is 0 Å². The van der Waals surface area contributed by atoms with Gasteiger partial charge in [0.05, 0.1) is 0 Å². The van der Waals surface area contributed by atoms with Gasteiger partial charge in [-0.15, -0.1) is 12.4 Å². The number of hydrogen-bond donors (Lipinski definition) is 2. The van der Waals surface area contributed by atoms with E-state index in [1.165, 1.54) is 7.05 Å². The van der Waals surface area contributed by atoms with E-state index in [0.717, 1.165) is 5.01 Å². The van der Waals surface area contributed by atoms with Gasteiger partial charge >= 0.3 is 5.97 Å². The summed E-state index contributed by atoms with van der Waals surface area (Å²) in [6, 6.07) is 0. The van der Waals surface area contributed by atoms with Crippen LogP contribution in [-0.4, -0.2) is 29.7 Å². The van der Waals surface area contributed by atoms with Gasteiger partial charge in [-0.3, -0.25) is 10.6 Å². The van der Waals surface area contributed by atoms with E-state index >= 15 is 0 Å². The van der Waals surface area contributed by atoms with Crippen molar-refractivity contribution < 1.29 is 9.90 Å². The second-order valence-corrected chi connectivity index (χ2v) is 1.31. The second kappa shape index (κ2) is 4.83. The Labute approximate surface area is 53.6 Å². The van der Waals surface area contributed by atoms with Gasteiger partial charge in [-0.2, -0.15) is 0 Å². The Bertz CT molecular complexity index is 75.7. The largest absolute Gasteiger partial charge is 0.480 e. The van der Waals surface area contributed by atoms with E-state index < -0.39 is 5.97 Å². The molecule has 0 aromatic heterocycles. The quantitative estimate of drug-likeness (QED) is 0.393. The molecular formula is C3H9ClN2O2. The van der Waals surface area contributed by atoms with Gasteiger partial charge in [-0.05, 0) is 0 Å². The van der Waals surface area contributed by atoms with Crippen molar-refractivity contribution in [1.82, 2.24) is 5.01 Å². The zero-order chi connectivity index (χ0) is 5.86. The van der Waals surface area contributed by atoms with Crippen LogP contribution in [0.4, 0.5) is 0 Å². The number of nitrogens with zero attached hydrogens (tertiary/aromatic N) is 1. The lowest BCUT2D eigenvalue weighted by atomic mass is 10.7. The minimum absolute atomic E-state index is 0. The van der Waals surface area contributed by atoms with Gasteiger partial charge in [0.1, 0.15) is 6.54 Å². The molecule has 0 bridgehead atoms. The predicted molar refractivity (Wildman–Crippen MR) is 31.7 cm³/mol. The zero-order valence-electron chi connectivity index (χ0n) is 4.50. The summed E-state index contributed by atoms with van der Waals surface area (Å²) in [6.07, 6.45) is 0. The molecule has 0 radical (unpaired) electrons. The zero-order valence-corrected chi connectivity index (χ0v) is 5.31. The summed E-state index contributed by atoms with van der Waals surface area (Å²) in [7, 11) is 1.49. The number of nitrogens with two attached hydrogens (primary N) is 1. The summed E-state index contributed by atoms with van der Waals surface area (Å²) < 4.78 is 0. The molecule has 0 aliphatic rings. The molecule has 0 aromatic carbocycles. The van der Waals surface area contributed by atoms with Gasteiger partial charge < -0.3 is 5.11 Å². The second-order valence-electron chi connectivity index (χ2n) is 1.31. The molecule has 0 unspecified atom stereocenters. The molecule has 0 saturated heterocycles. The third-order valence-electron chi connectivity index (χ3n) is 0.385. The molecule has 0 atom stereocenters. The lowest BCUT2D eigenvalue weighted by Gasteiger charge is -2.01. The Morgan fingerprint density at radius 1 is 1.88 bits per heavy atom. The summed E-state index contributed by atoms with van der Waals surface area (Å²) in [5, 5.41) is 9.06. The first-order valence-electron chi connectivity index (χ1n) is 1.80. The fraction of sp³-hybridized carbons (Fsp3) is 0.667. The van der Waals surface area contributed by atoms with Gasteiger partial charge in [-0.25, -0.2) is 5.01 Å². The molecule has 0 amide bonds. The molecule has 50 valence electrons. The van der Waals surface area contributed by atoms with Crippen LogP contribution in [0.5, 0.6) is 0 Å². The molecule has 0 aliphatic carbocycles. The molecule has 0 spiro atoms. The number of halogens is 1. The minimum atomic E-state index is -0.912. The summed E-state index contributed by atoms with van der Waals surface area (Å²) in [5.41, 5.74) is 0. The first-order valence-corrected chi connectivity index (χ1v) is 1.80. The smallest absolute Gasteiger partial charge is 0.319 e. The van der Waals surface area contributed by atoms with Crippen LogP contribution >= 0.6 is 12.4 Å². The van der Waals surface area contributed by atoms with E-state index in [2.05, 4.69) is 0 Å². The fourth-order valence-electron chi connectivity index (χ4n) is 0.213. The molecule has 4 nitrogen and oxygen atoms in total. The van der Waals surface area contributed by atoms with Crippen LogP contribution in [0.1, 0.15) is 0 Å². The van der Waals surface area contributed by atoms with Crippen LogP contribution in [0.15, 0.2) is 0 Å². The fourth-order valence-corrected chi connectivity index (χ4v) is 0.213. The average Bonchev–Trinajstić information content (AvgIpc) is 1.27. The maximum absolute atomic E-state index is 9.69. The molecule has 0 aromatic rings. The lowest BCUT2D eigenvalue weighted by Crippen LogP contribution is -2.31. The lowest BCUT2D eigenvalue weighted by molar-refractivity contribution is -0.138. The minimum Gasteiger partial charge on any atom is -0.480 e. The highest BCUT2D eigenvalue weighted by Gasteiger charge is 1.95. The third kappa shape index (κ3) is 9.19. The normalized spacial score (nSPS) is 8.38. The van der Waals surface area contributed by atoms with Gasteiger partial charge in [0.15, 0.2) is 0 Å². The Morgan fingerprint density at radius 3 is 2.25 bits per heavy atom. The number of carbonyl (C=O) groups is 1. The summed E-state index contributed by atoms with van der Waals surface area (Å²) >= 11 is 0. The van der Waals surface area contributed by atoms with E-state index in [9.17, 15) is 4.79 Å². The Morgan fingerprint density at radius 2 is 2.25 bits per heavy atom. The molecule has 8 heavy (non-hydrogen) atoms. The molecule has 0 rings (SSSR count). The van der Waals surface area contributed by atoms with Crippen molar-refractivity contribution in [3.63, 3.8) is 0 Å². The van der Waals surface area contributed by atoms with E-state index in [1.54, 1.807) is 0 Å². The van der Waals surface area contributed by atoms with Crippen LogP contribution in [-0.2, 0) is 4.79 Å². The Kier molecular flexibility index (Phi) is 6.41. The van der Waals surface area contributed by atoms with Gasteiger partial charge in [-0.1, -0.05) is 0 Å². The van der Waals surface area contributed by atoms with E-state index in [4.69, 9.17) is 10.9 Å². The molecule has 0 aliphatic heterocycles. The van der Waals surface area contributed by atoms with Crippen molar-refractivity contribution in [2.75, 3.05) is 13.6 Å². The maximum Gasteiger partial charge on any atom is 0.319 e. The van der Waals surface area contributed by atoms with Crippen LogP contribution in [0, 0.1) is 0 Å². The van der Waals surface area contributed by atoms with Crippen molar-refractivity contribution >= 4 is 18.4 Å². The average molecular weight is 141 g/mol. The first-order chi connectivity index (χ1) is 3.13. The van der Waals surface area contributed by atoms with Crippen LogP contribution in [0.3, 0.4) is 0 Å². The number of hydrogen-bond acceptors (Lipinski definition) is 3. The van der Waals surface area contributed by atoms with Crippen molar-refractivity contribution in [3.8, 4) is 0 Å². The van der Waals surface area contributed by atoms with Gasteiger partial charge in [0.25, 0.3) is 0 Å². The highest BCUT2D eigenvalue weighted by atomic mass is 35.5. The number of hydrazine groups is 1. The molecule has 0 heterocycles. The SMILES string of the molecule is CN(N)CC(=O)O.Cl. The number of carboxylic acids is 1. The number of rotatable bonds is 2.